The lowest BCUT2D eigenvalue weighted by atomic mass is 9.62. The van der Waals surface area contributed by atoms with Crippen LogP contribution < -0.4 is 10.1 Å². The first-order valence-corrected chi connectivity index (χ1v) is 10.0. The Kier molecular flexibility index (Phi) is 4.44. The van der Waals surface area contributed by atoms with Gasteiger partial charge in [0, 0.05) is 17.8 Å². The van der Waals surface area contributed by atoms with Crippen molar-refractivity contribution in [2.45, 2.75) is 44.1 Å². The Morgan fingerprint density at radius 2 is 2.10 bits per heavy atom. The second-order valence-corrected chi connectivity index (χ2v) is 8.30. The number of halogens is 2. The molecular formula is C21H21F2N5O3. The Labute approximate surface area is 176 Å². The van der Waals surface area contributed by atoms with E-state index in [0.717, 1.165) is 18.5 Å². The highest BCUT2D eigenvalue weighted by Gasteiger charge is 2.61. The van der Waals surface area contributed by atoms with Gasteiger partial charge in [-0.15, -0.1) is 0 Å². The van der Waals surface area contributed by atoms with Gasteiger partial charge in [-0.25, -0.2) is 18.7 Å². The lowest BCUT2D eigenvalue weighted by molar-refractivity contribution is 0.0154. The monoisotopic (exact) mass is 429 g/mol. The van der Waals surface area contributed by atoms with Crippen LogP contribution in [0.1, 0.15) is 55.0 Å². The summed E-state index contributed by atoms with van der Waals surface area (Å²) in [6.45, 7) is 4.85. The van der Waals surface area contributed by atoms with Gasteiger partial charge in [0.15, 0.2) is 0 Å². The summed E-state index contributed by atoms with van der Waals surface area (Å²) in [7, 11) is 0. The van der Waals surface area contributed by atoms with E-state index in [9.17, 15) is 13.6 Å². The van der Waals surface area contributed by atoms with Gasteiger partial charge in [0.25, 0.3) is 12.3 Å². The maximum atomic E-state index is 12.9. The van der Waals surface area contributed by atoms with Crippen LogP contribution >= 0.6 is 0 Å². The number of imidazole rings is 1. The van der Waals surface area contributed by atoms with Crippen molar-refractivity contribution in [2.75, 3.05) is 18.5 Å². The zero-order valence-corrected chi connectivity index (χ0v) is 17.1. The van der Waals surface area contributed by atoms with Crippen LogP contribution in [0.5, 0.6) is 5.88 Å². The number of amides is 1. The standard InChI is InChI=1S/C21H21F2N5O3/c1-3-30-18-14(25-17(29)13-6-4-5-12(24-13)16(22)23)7-28-8-15(26-19(28)27-18)21-9-20(2,10-21)31-11-21/h4-8,16H,3,9-11H2,1-2H3,(H,25,29). The number of carbonyl (C=O) groups excluding carboxylic acids is 1. The molecule has 2 aliphatic heterocycles. The number of rotatable bonds is 6. The Bertz CT molecular complexity index is 1170. The molecule has 2 saturated heterocycles. The molecular weight excluding hydrogens is 408 g/mol. The summed E-state index contributed by atoms with van der Waals surface area (Å²) in [5.41, 5.74) is 0.437. The highest BCUT2D eigenvalue weighted by atomic mass is 19.3. The molecule has 0 spiro atoms. The highest BCUT2D eigenvalue weighted by Crippen LogP contribution is 2.58. The van der Waals surface area contributed by atoms with Crippen LogP contribution in [0, 0.1) is 0 Å². The molecule has 2 bridgehead atoms. The van der Waals surface area contributed by atoms with Gasteiger partial charge >= 0.3 is 0 Å². The summed E-state index contributed by atoms with van der Waals surface area (Å²) in [5, 5.41) is 2.67. The maximum Gasteiger partial charge on any atom is 0.280 e. The van der Waals surface area contributed by atoms with Crippen molar-refractivity contribution in [3.05, 3.63) is 47.7 Å². The van der Waals surface area contributed by atoms with E-state index in [0.29, 0.717) is 24.7 Å². The fourth-order valence-electron chi connectivity index (χ4n) is 4.53. The molecule has 1 amide bonds. The average molecular weight is 429 g/mol. The fraction of sp³-hybridized carbons (Fsp3) is 0.429. The number of nitrogens with zero attached hydrogens (tertiary/aromatic N) is 4. The molecule has 0 unspecified atom stereocenters. The number of hydrogen-bond acceptors (Lipinski definition) is 6. The summed E-state index contributed by atoms with van der Waals surface area (Å²) in [6.07, 6.45) is 2.61. The van der Waals surface area contributed by atoms with Gasteiger partial charge in [0.05, 0.1) is 24.5 Å². The van der Waals surface area contributed by atoms with Crippen LogP contribution in [-0.4, -0.2) is 44.1 Å². The number of pyridine rings is 1. The summed E-state index contributed by atoms with van der Waals surface area (Å²) >= 11 is 0. The molecule has 3 aromatic rings. The Morgan fingerprint density at radius 1 is 1.29 bits per heavy atom. The van der Waals surface area contributed by atoms with E-state index in [1.807, 2.05) is 6.20 Å². The van der Waals surface area contributed by atoms with Gasteiger partial charge in [-0.1, -0.05) is 6.07 Å². The number of fused-ring (bicyclic) bond motifs is 2. The third-order valence-electron chi connectivity index (χ3n) is 5.83. The first-order valence-electron chi connectivity index (χ1n) is 10.0. The van der Waals surface area contributed by atoms with Gasteiger partial charge in [0.2, 0.25) is 11.7 Å². The van der Waals surface area contributed by atoms with Gasteiger partial charge in [-0.2, -0.15) is 4.98 Å². The number of alkyl halides is 2. The largest absolute Gasteiger partial charge is 0.476 e. The molecule has 5 heterocycles. The maximum absolute atomic E-state index is 12.9. The number of carbonyl (C=O) groups is 1. The summed E-state index contributed by atoms with van der Waals surface area (Å²) in [4.78, 5) is 25.5. The zero-order valence-electron chi connectivity index (χ0n) is 17.1. The molecule has 10 heteroatoms. The number of nitrogens with one attached hydrogen (secondary N) is 1. The zero-order chi connectivity index (χ0) is 21.8. The Hall–Kier alpha value is -3.14. The predicted octanol–water partition coefficient (Wildman–Crippen LogP) is 3.53. The highest BCUT2D eigenvalue weighted by molar-refractivity contribution is 6.03. The van der Waals surface area contributed by atoms with Crippen LogP contribution in [0.2, 0.25) is 0 Å². The van der Waals surface area contributed by atoms with Gasteiger partial charge < -0.3 is 14.8 Å². The van der Waals surface area contributed by atoms with Crippen molar-refractivity contribution >= 4 is 17.4 Å². The second kappa shape index (κ2) is 6.94. The molecule has 31 heavy (non-hydrogen) atoms. The molecule has 3 fully saturated rings. The number of ether oxygens (including phenoxy) is 2. The van der Waals surface area contributed by atoms with E-state index < -0.39 is 18.0 Å². The summed E-state index contributed by atoms with van der Waals surface area (Å²) in [5.74, 6) is 0.00997. The van der Waals surface area contributed by atoms with Crippen molar-refractivity contribution in [1.29, 1.82) is 0 Å². The molecule has 1 N–H and O–H groups in total. The molecule has 0 aromatic carbocycles. The number of hydrogen-bond donors (Lipinski definition) is 1. The van der Waals surface area contributed by atoms with Crippen molar-refractivity contribution in [3.63, 3.8) is 0 Å². The van der Waals surface area contributed by atoms with E-state index >= 15 is 0 Å². The normalized spacial score (nSPS) is 24.4. The van der Waals surface area contributed by atoms with Gasteiger partial charge in [-0.05, 0) is 38.8 Å². The molecule has 3 aliphatic rings. The lowest BCUT2D eigenvalue weighted by Crippen LogP contribution is -2.45. The lowest BCUT2D eigenvalue weighted by Gasteiger charge is -2.41. The SMILES string of the molecule is CCOc1nc2nc(C34COC(C)(C3)C4)cn2cc1NC(=O)c1cccc(C(F)F)n1. The molecule has 0 radical (unpaired) electrons. The first-order chi connectivity index (χ1) is 14.8. The molecule has 3 aromatic heterocycles. The third-order valence-corrected chi connectivity index (χ3v) is 5.83. The Balaban J connectivity index is 1.47. The van der Waals surface area contributed by atoms with Crippen LogP contribution in [0.25, 0.3) is 5.78 Å². The van der Waals surface area contributed by atoms with Crippen molar-refractivity contribution in [1.82, 2.24) is 19.4 Å². The van der Waals surface area contributed by atoms with Crippen LogP contribution in [0.4, 0.5) is 14.5 Å². The molecule has 6 rings (SSSR count). The minimum atomic E-state index is -2.76. The van der Waals surface area contributed by atoms with E-state index in [-0.39, 0.29) is 22.6 Å². The molecule has 8 nitrogen and oxygen atoms in total. The van der Waals surface area contributed by atoms with E-state index in [1.54, 1.807) is 17.5 Å². The van der Waals surface area contributed by atoms with Crippen LogP contribution in [-0.2, 0) is 10.2 Å². The summed E-state index contributed by atoms with van der Waals surface area (Å²) in [6, 6.07) is 3.91. The summed E-state index contributed by atoms with van der Waals surface area (Å²) < 4.78 is 39.0. The second-order valence-electron chi connectivity index (χ2n) is 8.30. The molecule has 0 atom stereocenters. The number of anilines is 1. The minimum Gasteiger partial charge on any atom is -0.476 e. The third kappa shape index (κ3) is 3.31. The number of aromatic nitrogens is 4. The van der Waals surface area contributed by atoms with E-state index in [1.165, 1.54) is 18.2 Å². The molecule has 1 aliphatic carbocycles. The molecule has 1 saturated carbocycles. The van der Waals surface area contributed by atoms with E-state index in [2.05, 4.69) is 27.2 Å². The topological polar surface area (TPSA) is 90.6 Å². The van der Waals surface area contributed by atoms with Crippen molar-refractivity contribution < 1.29 is 23.0 Å². The molecule has 162 valence electrons. The van der Waals surface area contributed by atoms with Crippen LogP contribution in [0.3, 0.4) is 0 Å². The van der Waals surface area contributed by atoms with Crippen molar-refractivity contribution in [2.24, 2.45) is 0 Å². The van der Waals surface area contributed by atoms with Gasteiger partial charge in [-0.3, -0.25) is 9.20 Å². The fourth-order valence-corrected chi connectivity index (χ4v) is 4.53. The minimum absolute atomic E-state index is 0.0708. The quantitative estimate of drug-likeness (QED) is 0.645. The average Bonchev–Trinajstić information content (AvgIpc) is 3.39. The smallest absolute Gasteiger partial charge is 0.280 e. The first kappa shape index (κ1) is 19.8. The van der Waals surface area contributed by atoms with E-state index in [4.69, 9.17) is 9.47 Å². The van der Waals surface area contributed by atoms with Crippen molar-refractivity contribution in [3.8, 4) is 5.88 Å². The predicted molar refractivity (Wildman–Crippen MR) is 107 cm³/mol. The van der Waals surface area contributed by atoms with Gasteiger partial charge in [0.1, 0.15) is 17.1 Å². The van der Waals surface area contributed by atoms with Crippen LogP contribution in [0.15, 0.2) is 30.6 Å². The Morgan fingerprint density at radius 3 is 2.77 bits per heavy atom.